The molecule has 0 aromatic heterocycles. The molecule has 2 aromatic rings. The molecule has 0 saturated heterocycles. The van der Waals surface area contributed by atoms with E-state index in [9.17, 15) is 14.7 Å². The number of aryl methyl sites for hydroxylation is 2. The Morgan fingerprint density at radius 1 is 1.19 bits per heavy atom. The number of nitrogens with zero attached hydrogens (tertiary/aromatic N) is 1. The molecule has 0 aliphatic heterocycles. The quantitative estimate of drug-likeness (QED) is 0.382. The van der Waals surface area contributed by atoms with Gasteiger partial charge < -0.3 is 15.2 Å². The molecule has 0 bridgehead atoms. The summed E-state index contributed by atoms with van der Waals surface area (Å²) in [6.45, 7) is 6.06. The average molecular weight is 434 g/mol. The van der Waals surface area contributed by atoms with Gasteiger partial charge in [-0.25, -0.2) is 5.43 Å². The molecule has 3 N–H and O–H groups in total. The smallest absolute Gasteiger partial charge is 0.329 e. The van der Waals surface area contributed by atoms with Crippen molar-refractivity contribution < 1.29 is 19.4 Å². The van der Waals surface area contributed by atoms with Gasteiger partial charge in [-0.2, -0.15) is 5.10 Å². The summed E-state index contributed by atoms with van der Waals surface area (Å²) in [6.07, 6.45) is 1.34. The van der Waals surface area contributed by atoms with Gasteiger partial charge in [-0.15, -0.1) is 0 Å². The number of benzene rings is 2. The molecule has 2 amide bonds. The number of hydrogen-bond donors (Lipinski definition) is 3. The van der Waals surface area contributed by atoms with Crippen LogP contribution in [-0.2, 0) is 9.59 Å². The van der Waals surface area contributed by atoms with Crippen molar-refractivity contribution in [2.75, 3.05) is 11.9 Å². The maximum Gasteiger partial charge on any atom is 0.329 e. The van der Waals surface area contributed by atoms with Crippen molar-refractivity contribution >= 4 is 39.6 Å². The molecule has 0 fully saturated rings. The molecule has 0 aliphatic carbocycles. The first kappa shape index (κ1) is 20.4. The van der Waals surface area contributed by atoms with E-state index in [1.807, 2.05) is 19.9 Å². The van der Waals surface area contributed by atoms with E-state index in [2.05, 4.69) is 31.8 Å². The minimum atomic E-state index is -0.896. The molecule has 0 atom stereocenters. The Hall–Kier alpha value is -2.87. The van der Waals surface area contributed by atoms with Gasteiger partial charge >= 0.3 is 11.8 Å². The molecule has 27 heavy (non-hydrogen) atoms. The Bertz CT molecular complexity index is 897. The molecule has 7 nitrogen and oxygen atoms in total. The van der Waals surface area contributed by atoms with E-state index in [0.29, 0.717) is 22.3 Å². The molecular weight excluding hydrogens is 414 g/mol. The van der Waals surface area contributed by atoms with Gasteiger partial charge in [0.2, 0.25) is 0 Å². The Kier molecular flexibility index (Phi) is 6.95. The molecule has 0 unspecified atom stereocenters. The standard InChI is InChI=1S/C19H20BrN3O4/c1-4-27-16-9-13(8-15(20)17(16)24)10-21-23-19(26)18(25)22-14-6-5-11(2)12(3)7-14/h5-10,24H,4H2,1-3H3,(H,22,25)(H,23,26)/b21-10-. The molecule has 142 valence electrons. The molecule has 0 aliphatic rings. The normalized spacial score (nSPS) is 10.7. The zero-order valence-corrected chi connectivity index (χ0v) is 16.8. The van der Waals surface area contributed by atoms with Crippen LogP contribution in [0.2, 0.25) is 0 Å². The fourth-order valence-corrected chi connectivity index (χ4v) is 2.62. The maximum atomic E-state index is 11.9. The van der Waals surface area contributed by atoms with Crippen LogP contribution in [0.1, 0.15) is 23.6 Å². The van der Waals surface area contributed by atoms with Crippen LogP contribution in [0.5, 0.6) is 11.5 Å². The van der Waals surface area contributed by atoms with E-state index in [1.165, 1.54) is 6.21 Å². The van der Waals surface area contributed by atoms with Gasteiger partial charge in [0.15, 0.2) is 11.5 Å². The van der Waals surface area contributed by atoms with Crippen LogP contribution in [0.15, 0.2) is 39.9 Å². The summed E-state index contributed by atoms with van der Waals surface area (Å²) in [6, 6.07) is 8.53. The summed E-state index contributed by atoms with van der Waals surface area (Å²) in [5.41, 5.74) is 5.36. The number of aromatic hydroxyl groups is 1. The molecule has 8 heteroatoms. The number of hydrogen-bond acceptors (Lipinski definition) is 5. The van der Waals surface area contributed by atoms with Crippen molar-refractivity contribution in [2.45, 2.75) is 20.8 Å². The second kappa shape index (κ2) is 9.18. The van der Waals surface area contributed by atoms with E-state index in [-0.39, 0.29) is 11.5 Å². The fraction of sp³-hybridized carbons (Fsp3) is 0.211. The van der Waals surface area contributed by atoms with Crippen molar-refractivity contribution in [1.82, 2.24) is 5.43 Å². The van der Waals surface area contributed by atoms with Crippen LogP contribution in [0.4, 0.5) is 5.69 Å². The SMILES string of the molecule is CCOc1cc(/C=N\NC(=O)C(=O)Nc2ccc(C)c(C)c2)cc(Br)c1O. The topological polar surface area (TPSA) is 100 Å². The summed E-state index contributed by atoms with van der Waals surface area (Å²) in [4.78, 5) is 23.8. The highest BCUT2D eigenvalue weighted by molar-refractivity contribution is 9.10. The van der Waals surface area contributed by atoms with Crippen LogP contribution >= 0.6 is 15.9 Å². The Balaban J connectivity index is 1.99. The van der Waals surface area contributed by atoms with Crippen LogP contribution < -0.4 is 15.5 Å². The molecular formula is C19H20BrN3O4. The highest BCUT2D eigenvalue weighted by Crippen LogP contribution is 2.35. The number of anilines is 1. The Morgan fingerprint density at radius 3 is 2.59 bits per heavy atom. The first-order valence-electron chi connectivity index (χ1n) is 8.18. The Morgan fingerprint density at radius 2 is 1.93 bits per heavy atom. The van der Waals surface area contributed by atoms with E-state index in [4.69, 9.17) is 4.74 Å². The van der Waals surface area contributed by atoms with Crippen LogP contribution in [0.3, 0.4) is 0 Å². The van der Waals surface area contributed by atoms with Crippen molar-refractivity contribution in [1.29, 1.82) is 0 Å². The van der Waals surface area contributed by atoms with Gasteiger partial charge in [0.25, 0.3) is 0 Å². The molecule has 0 radical (unpaired) electrons. The van der Waals surface area contributed by atoms with Gasteiger partial charge in [0.1, 0.15) is 0 Å². The van der Waals surface area contributed by atoms with Crippen LogP contribution in [0.25, 0.3) is 0 Å². The molecule has 2 aromatic carbocycles. The minimum absolute atomic E-state index is 0.0224. The van der Waals surface area contributed by atoms with E-state index >= 15 is 0 Å². The van der Waals surface area contributed by atoms with Crippen molar-refractivity contribution in [3.8, 4) is 11.5 Å². The number of ether oxygens (including phenoxy) is 1. The third-order valence-electron chi connectivity index (χ3n) is 3.70. The molecule has 0 spiro atoms. The summed E-state index contributed by atoms with van der Waals surface area (Å²) < 4.78 is 5.74. The largest absolute Gasteiger partial charge is 0.503 e. The second-order valence-corrected chi connectivity index (χ2v) is 6.59. The minimum Gasteiger partial charge on any atom is -0.503 e. The first-order valence-corrected chi connectivity index (χ1v) is 8.98. The number of nitrogens with one attached hydrogen (secondary N) is 2. The number of amides is 2. The van der Waals surface area contributed by atoms with E-state index < -0.39 is 11.8 Å². The van der Waals surface area contributed by atoms with Crippen LogP contribution in [-0.4, -0.2) is 29.7 Å². The van der Waals surface area contributed by atoms with Gasteiger partial charge in [-0.3, -0.25) is 9.59 Å². The molecule has 0 saturated carbocycles. The summed E-state index contributed by atoms with van der Waals surface area (Å²) >= 11 is 3.22. The summed E-state index contributed by atoms with van der Waals surface area (Å²) in [5.74, 6) is -1.46. The number of phenolic OH excluding ortho intramolecular Hbond substituents is 1. The lowest BCUT2D eigenvalue weighted by Crippen LogP contribution is -2.32. The number of phenols is 1. The van der Waals surface area contributed by atoms with Gasteiger partial charge in [-0.05, 0) is 77.7 Å². The van der Waals surface area contributed by atoms with E-state index in [1.54, 1.807) is 31.2 Å². The number of hydrazone groups is 1. The number of carbonyl (C=O) groups is 2. The summed E-state index contributed by atoms with van der Waals surface area (Å²) in [5, 5.41) is 16.2. The van der Waals surface area contributed by atoms with Crippen molar-refractivity contribution in [3.05, 3.63) is 51.5 Å². The molecule has 2 rings (SSSR count). The van der Waals surface area contributed by atoms with Gasteiger partial charge in [0.05, 0.1) is 17.3 Å². The zero-order valence-electron chi connectivity index (χ0n) is 15.2. The fourth-order valence-electron chi connectivity index (χ4n) is 2.16. The maximum absolute atomic E-state index is 11.9. The summed E-state index contributed by atoms with van der Waals surface area (Å²) in [7, 11) is 0. The Labute approximate surface area is 165 Å². The highest BCUT2D eigenvalue weighted by Gasteiger charge is 2.13. The first-order chi connectivity index (χ1) is 12.8. The lowest BCUT2D eigenvalue weighted by molar-refractivity contribution is -0.136. The number of halogens is 1. The van der Waals surface area contributed by atoms with Gasteiger partial charge in [0, 0.05) is 5.69 Å². The average Bonchev–Trinajstić information content (AvgIpc) is 2.62. The number of rotatable bonds is 5. The highest BCUT2D eigenvalue weighted by atomic mass is 79.9. The third kappa shape index (κ3) is 5.55. The monoisotopic (exact) mass is 433 g/mol. The predicted molar refractivity (Wildman–Crippen MR) is 107 cm³/mol. The second-order valence-electron chi connectivity index (χ2n) is 5.73. The number of carbonyl (C=O) groups excluding carboxylic acids is 2. The lowest BCUT2D eigenvalue weighted by atomic mass is 10.1. The predicted octanol–water partition coefficient (Wildman–Crippen LogP) is 3.26. The third-order valence-corrected chi connectivity index (χ3v) is 4.31. The van der Waals surface area contributed by atoms with E-state index in [0.717, 1.165) is 11.1 Å². The molecule has 0 heterocycles. The zero-order chi connectivity index (χ0) is 20.0. The van der Waals surface area contributed by atoms with Crippen molar-refractivity contribution in [2.24, 2.45) is 5.10 Å². The van der Waals surface area contributed by atoms with Gasteiger partial charge in [-0.1, -0.05) is 6.07 Å². The van der Waals surface area contributed by atoms with Crippen molar-refractivity contribution in [3.63, 3.8) is 0 Å². The van der Waals surface area contributed by atoms with Crippen LogP contribution in [0, 0.1) is 13.8 Å². The lowest BCUT2D eigenvalue weighted by Gasteiger charge is -2.08.